The number of nitro benzene ring substituents is 1. The number of hydrogen-bond acceptors (Lipinski definition) is 5. The number of amides is 1. The highest BCUT2D eigenvalue weighted by atomic mass is 16.6. The van der Waals surface area contributed by atoms with Crippen LogP contribution < -0.4 is 16.2 Å². The number of nitrogen functional groups attached to an aromatic ring is 1. The average molecular weight is 287 g/mol. The third kappa shape index (κ3) is 3.27. The number of primary amides is 1. The lowest BCUT2D eigenvalue weighted by atomic mass is 10.1. The predicted octanol–water partition coefficient (Wildman–Crippen LogP) is 1.85. The molecule has 4 N–H and O–H groups in total. The van der Waals surface area contributed by atoms with Gasteiger partial charge in [-0.1, -0.05) is 12.1 Å². The van der Waals surface area contributed by atoms with Gasteiger partial charge in [0.15, 0.2) is 0 Å². The molecule has 7 heteroatoms. The SMILES string of the molecule is NC(=O)c1ccccc1OCc1cc([N+](=O)[O-])ccc1N. The molecule has 0 heterocycles. The number of benzene rings is 2. The quantitative estimate of drug-likeness (QED) is 0.493. The molecule has 2 rings (SSSR count). The summed E-state index contributed by atoms with van der Waals surface area (Å²) in [6, 6.07) is 10.6. The second kappa shape index (κ2) is 5.91. The maximum Gasteiger partial charge on any atom is 0.269 e. The molecule has 0 aromatic heterocycles. The number of para-hydroxylation sites is 1. The molecule has 0 aliphatic rings. The number of anilines is 1. The van der Waals surface area contributed by atoms with Gasteiger partial charge in [-0.3, -0.25) is 14.9 Å². The fraction of sp³-hybridized carbons (Fsp3) is 0.0714. The van der Waals surface area contributed by atoms with Gasteiger partial charge in [0, 0.05) is 23.4 Å². The van der Waals surface area contributed by atoms with Crippen LogP contribution in [0.4, 0.5) is 11.4 Å². The molecule has 108 valence electrons. The molecule has 2 aromatic carbocycles. The molecule has 0 saturated carbocycles. The van der Waals surface area contributed by atoms with E-state index in [0.29, 0.717) is 17.0 Å². The number of nitrogens with two attached hydrogens (primary N) is 2. The van der Waals surface area contributed by atoms with Gasteiger partial charge in [-0.15, -0.1) is 0 Å². The van der Waals surface area contributed by atoms with Gasteiger partial charge in [0.2, 0.25) is 0 Å². The summed E-state index contributed by atoms with van der Waals surface area (Å²) >= 11 is 0. The Kier molecular flexibility index (Phi) is 4.03. The summed E-state index contributed by atoms with van der Waals surface area (Å²) in [4.78, 5) is 21.5. The molecule has 0 radical (unpaired) electrons. The smallest absolute Gasteiger partial charge is 0.269 e. The highest BCUT2D eigenvalue weighted by Gasteiger charge is 2.12. The molecule has 1 amide bonds. The number of hydrogen-bond donors (Lipinski definition) is 2. The van der Waals surface area contributed by atoms with E-state index in [-0.39, 0.29) is 17.9 Å². The van der Waals surface area contributed by atoms with Crippen LogP contribution in [-0.4, -0.2) is 10.8 Å². The first-order valence-electron chi connectivity index (χ1n) is 6.03. The van der Waals surface area contributed by atoms with E-state index >= 15 is 0 Å². The lowest BCUT2D eigenvalue weighted by Crippen LogP contribution is -2.13. The van der Waals surface area contributed by atoms with Crippen molar-refractivity contribution in [3.63, 3.8) is 0 Å². The molecular formula is C14H13N3O4. The zero-order chi connectivity index (χ0) is 15.4. The van der Waals surface area contributed by atoms with Crippen molar-refractivity contribution < 1.29 is 14.5 Å². The number of ether oxygens (including phenoxy) is 1. The van der Waals surface area contributed by atoms with E-state index in [9.17, 15) is 14.9 Å². The standard InChI is InChI=1S/C14H13N3O4/c15-12-6-5-10(17(19)20)7-9(12)8-21-13-4-2-1-3-11(13)14(16)18/h1-7H,8,15H2,(H2,16,18). The van der Waals surface area contributed by atoms with Crippen molar-refractivity contribution in [2.24, 2.45) is 5.73 Å². The summed E-state index contributed by atoms with van der Waals surface area (Å²) in [5.74, 6) is -0.312. The lowest BCUT2D eigenvalue weighted by Gasteiger charge is -2.10. The molecule has 0 aliphatic carbocycles. The molecule has 0 fully saturated rings. The minimum atomic E-state index is -0.613. The summed E-state index contributed by atoms with van der Waals surface area (Å²) in [5.41, 5.74) is 12.0. The van der Waals surface area contributed by atoms with E-state index in [1.54, 1.807) is 18.2 Å². The summed E-state index contributed by atoms with van der Waals surface area (Å²) in [7, 11) is 0. The number of rotatable bonds is 5. The van der Waals surface area contributed by atoms with Crippen molar-refractivity contribution in [3.8, 4) is 5.75 Å². The van der Waals surface area contributed by atoms with E-state index in [1.165, 1.54) is 24.3 Å². The zero-order valence-electron chi connectivity index (χ0n) is 11.0. The van der Waals surface area contributed by atoms with Gasteiger partial charge < -0.3 is 16.2 Å². The predicted molar refractivity (Wildman–Crippen MR) is 76.8 cm³/mol. The van der Waals surface area contributed by atoms with Crippen LogP contribution in [-0.2, 0) is 6.61 Å². The van der Waals surface area contributed by atoms with Crippen LogP contribution in [0.2, 0.25) is 0 Å². The highest BCUT2D eigenvalue weighted by Crippen LogP contribution is 2.23. The minimum Gasteiger partial charge on any atom is -0.488 e. The second-order valence-electron chi connectivity index (χ2n) is 4.29. The Morgan fingerprint density at radius 2 is 1.95 bits per heavy atom. The first kappa shape index (κ1) is 14.3. The molecule has 7 nitrogen and oxygen atoms in total. The van der Waals surface area contributed by atoms with Crippen LogP contribution >= 0.6 is 0 Å². The number of carbonyl (C=O) groups is 1. The van der Waals surface area contributed by atoms with Gasteiger partial charge in [0.1, 0.15) is 12.4 Å². The second-order valence-corrected chi connectivity index (χ2v) is 4.29. The van der Waals surface area contributed by atoms with Gasteiger partial charge in [-0.2, -0.15) is 0 Å². The van der Waals surface area contributed by atoms with Crippen molar-refractivity contribution >= 4 is 17.3 Å². The summed E-state index contributed by atoms with van der Waals surface area (Å²) < 4.78 is 5.50. The van der Waals surface area contributed by atoms with Gasteiger partial charge >= 0.3 is 0 Å². The summed E-state index contributed by atoms with van der Waals surface area (Å²) in [6.45, 7) is -0.00218. The van der Waals surface area contributed by atoms with Gasteiger partial charge in [-0.25, -0.2) is 0 Å². The Hall–Kier alpha value is -3.09. The number of carbonyl (C=O) groups excluding carboxylic acids is 1. The third-order valence-corrected chi connectivity index (χ3v) is 2.87. The van der Waals surface area contributed by atoms with Crippen molar-refractivity contribution in [3.05, 3.63) is 63.7 Å². The number of nitrogens with zero attached hydrogens (tertiary/aromatic N) is 1. The van der Waals surface area contributed by atoms with E-state index in [0.717, 1.165) is 0 Å². The van der Waals surface area contributed by atoms with Gasteiger partial charge in [-0.05, 0) is 18.2 Å². The number of nitro groups is 1. The van der Waals surface area contributed by atoms with Crippen LogP contribution in [0.15, 0.2) is 42.5 Å². The zero-order valence-corrected chi connectivity index (χ0v) is 11.0. The van der Waals surface area contributed by atoms with Crippen LogP contribution in [0, 0.1) is 10.1 Å². The highest BCUT2D eigenvalue weighted by molar-refractivity contribution is 5.95. The van der Waals surface area contributed by atoms with Crippen molar-refractivity contribution in [2.75, 3.05) is 5.73 Å². The molecule has 0 spiro atoms. The summed E-state index contributed by atoms with van der Waals surface area (Å²) in [6.07, 6.45) is 0. The molecule has 0 aliphatic heterocycles. The van der Waals surface area contributed by atoms with E-state index in [4.69, 9.17) is 16.2 Å². The monoisotopic (exact) mass is 287 g/mol. The molecule has 0 saturated heterocycles. The van der Waals surface area contributed by atoms with Crippen LogP contribution in [0.3, 0.4) is 0 Å². The molecule has 0 bridgehead atoms. The molecule has 0 atom stereocenters. The van der Waals surface area contributed by atoms with Crippen molar-refractivity contribution in [1.29, 1.82) is 0 Å². The molecule has 2 aromatic rings. The van der Waals surface area contributed by atoms with Crippen molar-refractivity contribution in [2.45, 2.75) is 6.61 Å². The lowest BCUT2D eigenvalue weighted by molar-refractivity contribution is -0.384. The minimum absolute atomic E-state index is 0.00218. The van der Waals surface area contributed by atoms with E-state index in [1.807, 2.05) is 0 Å². The maximum absolute atomic E-state index is 11.3. The molecular weight excluding hydrogens is 274 g/mol. The van der Waals surface area contributed by atoms with Gasteiger partial charge in [0.05, 0.1) is 10.5 Å². The van der Waals surface area contributed by atoms with E-state index < -0.39 is 10.8 Å². The fourth-order valence-corrected chi connectivity index (χ4v) is 1.78. The Morgan fingerprint density at radius 3 is 2.62 bits per heavy atom. The van der Waals surface area contributed by atoms with Crippen LogP contribution in [0.5, 0.6) is 5.75 Å². The third-order valence-electron chi connectivity index (χ3n) is 2.87. The van der Waals surface area contributed by atoms with Gasteiger partial charge in [0.25, 0.3) is 11.6 Å². The molecule has 0 unspecified atom stereocenters. The topological polar surface area (TPSA) is 121 Å². The van der Waals surface area contributed by atoms with Crippen LogP contribution in [0.1, 0.15) is 15.9 Å². The average Bonchev–Trinajstić information content (AvgIpc) is 2.46. The Labute approximate surface area is 120 Å². The molecule has 21 heavy (non-hydrogen) atoms. The first-order valence-corrected chi connectivity index (χ1v) is 6.03. The Morgan fingerprint density at radius 1 is 1.24 bits per heavy atom. The Bertz CT molecular complexity index is 700. The Balaban J connectivity index is 2.22. The number of non-ortho nitro benzene ring substituents is 1. The van der Waals surface area contributed by atoms with Crippen LogP contribution in [0.25, 0.3) is 0 Å². The fourth-order valence-electron chi connectivity index (χ4n) is 1.78. The first-order chi connectivity index (χ1) is 9.99. The normalized spacial score (nSPS) is 10.1. The van der Waals surface area contributed by atoms with E-state index in [2.05, 4.69) is 0 Å². The van der Waals surface area contributed by atoms with Crippen molar-refractivity contribution in [1.82, 2.24) is 0 Å². The summed E-state index contributed by atoms with van der Waals surface area (Å²) in [5, 5.41) is 10.7. The maximum atomic E-state index is 11.3. The largest absolute Gasteiger partial charge is 0.488 e.